The van der Waals surface area contributed by atoms with Crippen molar-refractivity contribution in [3.05, 3.63) is 54.6 Å². The lowest BCUT2D eigenvalue weighted by atomic mass is 10.2. The molecule has 0 bridgehead atoms. The summed E-state index contributed by atoms with van der Waals surface area (Å²) in [5, 5.41) is 0. The number of esters is 1. The van der Waals surface area contributed by atoms with Crippen molar-refractivity contribution in [2.75, 3.05) is 7.11 Å². The molecule has 0 aliphatic heterocycles. The lowest BCUT2D eigenvalue weighted by molar-refractivity contribution is 0.0602. The molecule has 3 heterocycles. The van der Waals surface area contributed by atoms with E-state index in [0.717, 1.165) is 11.4 Å². The summed E-state index contributed by atoms with van der Waals surface area (Å²) >= 11 is 0. The number of nitrogens with zero attached hydrogens (tertiary/aromatic N) is 3. The number of rotatable bonds is 2. The summed E-state index contributed by atoms with van der Waals surface area (Å²) in [4.78, 5) is 20.1. The van der Waals surface area contributed by atoms with Crippen molar-refractivity contribution in [1.82, 2.24) is 14.4 Å². The lowest BCUT2D eigenvalue weighted by Crippen LogP contribution is -2.03. The molecule has 0 atom stereocenters. The Balaban J connectivity index is 2.23. The quantitative estimate of drug-likeness (QED) is 0.657. The molecule has 0 aliphatic rings. The Labute approximate surface area is 109 Å². The Morgan fingerprint density at radius 2 is 2.16 bits per heavy atom. The van der Waals surface area contributed by atoms with Crippen LogP contribution in [0.1, 0.15) is 10.4 Å². The van der Waals surface area contributed by atoms with Crippen molar-refractivity contribution < 1.29 is 9.53 Å². The van der Waals surface area contributed by atoms with Crippen LogP contribution in [0.5, 0.6) is 0 Å². The fraction of sp³-hybridized carbons (Fsp3) is 0.0714. The lowest BCUT2D eigenvalue weighted by Gasteiger charge is -2.04. The molecule has 19 heavy (non-hydrogen) atoms. The fourth-order valence-corrected chi connectivity index (χ4v) is 2.01. The zero-order valence-electron chi connectivity index (χ0n) is 10.3. The van der Waals surface area contributed by atoms with E-state index in [4.69, 9.17) is 4.74 Å². The molecule has 3 rings (SSSR count). The number of ether oxygens (including phenoxy) is 1. The van der Waals surface area contributed by atoms with Crippen LogP contribution in [-0.2, 0) is 4.74 Å². The van der Waals surface area contributed by atoms with Gasteiger partial charge in [-0.2, -0.15) is 0 Å². The highest BCUT2D eigenvalue weighted by Crippen LogP contribution is 2.21. The van der Waals surface area contributed by atoms with E-state index in [-0.39, 0.29) is 5.97 Å². The first-order valence-corrected chi connectivity index (χ1v) is 5.76. The third kappa shape index (κ3) is 1.85. The van der Waals surface area contributed by atoms with E-state index in [1.807, 2.05) is 22.7 Å². The molecule has 3 aromatic rings. The first kappa shape index (κ1) is 11.4. The molecule has 0 unspecified atom stereocenters. The van der Waals surface area contributed by atoms with Crippen LogP contribution in [0.2, 0.25) is 0 Å². The van der Waals surface area contributed by atoms with Crippen molar-refractivity contribution in [1.29, 1.82) is 0 Å². The number of carbonyl (C=O) groups excluding carboxylic acids is 1. The largest absolute Gasteiger partial charge is 0.465 e. The number of carbonyl (C=O) groups is 1. The normalized spacial score (nSPS) is 10.6. The second-order valence-electron chi connectivity index (χ2n) is 3.99. The van der Waals surface area contributed by atoms with Gasteiger partial charge in [0.1, 0.15) is 5.82 Å². The van der Waals surface area contributed by atoms with Gasteiger partial charge in [0.25, 0.3) is 0 Å². The van der Waals surface area contributed by atoms with E-state index < -0.39 is 0 Å². The van der Waals surface area contributed by atoms with Crippen molar-refractivity contribution in [2.24, 2.45) is 0 Å². The Kier molecular flexibility index (Phi) is 2.72. The highest BCUT2D eigenvalue weighted by Gasteiger charge is 2.14. The number of fused-ring (bicyclic) bond motifs is 1. The number of aromatic nitrogens is 3. The molecule has 0 spiro atoms. The first-order chi connectivity index (χ1) is 9.31. The van der Waals surface area contributed by atoms with Gasteiger partial charge >= 0.3 is 5.97 Å². The zero-order chi connectivity index (χ0) is 13.2. The monoisotopic (exact) mass is 253 g/mol. The third-order valence-electron chi connectivity index (χ3n) is 2.90. The average Bonchev–Trinajstić information content (AvgIpc) is 2.91. The van der Waals surface area contributed by atoms with Crippen LogP contribution < -0.4 is 0 Å². The molecule has 3 aromatic heterocycles. The summed E-state index contributed by atoms with van der Waals surface area (Å²) in [6.45, 7) is 0. The highest BCUT2D eigenvalue weighted by molar-refractivity contribution is 5.97. The van der Waals surface area contributed by atoms with Gasteiger partial charge in [-0.25, -0.2) is 9.78 Å². The van der Waals surface area contributed by atoms with E-state index in [2.05, 4.69) is 9.97 Å². The summed E-state index contributed by atoms with van der Waals surface area (Å²) in [5.41, 5.74) is 2.10. The van der Waals surface area contributed by atoms with Crippen LogP contribution in [-0.4, -0.2) is 27.4 Å². The van der Waals surface area contributed by atoms with Crippen LogP contribution in [0.15, 0.2) is 49.1 Å². The van der Waals surface area contributed by atoms with Crippen molar-refractivity contribution in [2.45, 2.75) is 0 Å². The van der Waals surface area contributed by atoms with Crippen molar-refractivity contribution >= 4 is 11.5 Å². The van der Waals surface area contributed by atoms with Gasteiger partial charge in [-0.3, -0.25) is 9.38 Å². The summed E-state index contributed by atoms with van der Waals surface area (Å²) in [7, 11) is 1.37. The average molecular weight is 253 g/mol. The molecular weight excluding hydrogens is 242 g/mol. The second-order valence-corrected chi connectivity index (χ2v) is 3.99. The van der Waals surface area contributed by atoms with E-state index in [1.165, 1.54) is 7.11 Å². The molecular formula is C14H11N3O2. The fourth-order valence-electron chi connectivity index (χ4n) is 2.01. The predicted octanol–water partition coefficient (Wildman–Crippen LogP) is 2.18. The van der Waals surface area contributed by atoms with Gasteiger partial charge in [0.2, 0.25) is 0 Å². The topological polar surface area (TPSA) is 56.5 Å². The zero-order valence-corrected chi connectivity index (χ0v) is 10.3. The smallest absolute Gasteiger partial charge is 0.340 e. The summed E-state index contributed by atoms with van der Waals surface area (Å²) in [6, 6.07) is 7.28. The van der Waals surface area contributed by atoms with E-state index in [0.29, 0.717) is 11.1 Å². The maximum atomic E-state index is 11.7. The SMILES string of the molecule is COC(=O)c1cccn2c(-c3cccnc3)ncc12. The number of pyridine rings is 2. The Bertz CT molecular complexity index is 735. The molecule has 5 heteroatoms. The van der Waals surface area contributed by atoms with E-state index in [1.54, 1.807) is 30.7 Å². The van der Waals surface area contributed by atoms with Gasteiger partial charge in [0.05, 0.1) is 24.4 Å². The molecule has 94 valence electrons. The minimum Gasteiger partial charge on any atom is -0.465 e. The van der Waals surface area contributed by atoms with Gasteiger partial charge < -0.3 is 4.74 Å². The summed E-state index contributed by atoms with van der Waals surface area (Å²) in [6.07, 6.45) is 6.96. The second kappa shape index (κ2) is 4.53. The van der Waals surface area contributed by atoms with Gasteiger partial charge in [-0.05, 0) is 24.3 Å². The minimum absolute atomic E-state index is 0.372. The maximum Gasteiger partial charge on any atom is 0.340 e. The molecule has 0 aromatic carbocycles. The molecule has 5 nitrogen and oxygen atoms in total. The van der Waals surface area contributed by atoms with Crippen LogP contribution in [0.25, 0.3) is 16.9 Å². The summed E-state index contributed by atoms with van der Waals surface area (Å²) < 4.78 is 6.62. The van der Waals surface area contributed by atoms with E-state index >= 15 is 0 Å². The molecule has 0 saturated carbocycles. The molecule has 0 N–H and O–H groups in total. The predicted molar refractivity (Wildman–Crippen MR) is 69.8 cm³/mol. The van der Waals surface area contributed by atoms with Crippen LogP contribution in [0.4, 0.5) is 0 Å². The Morgan fingerprint density at radius 3 is 2.89 bits per heavy atom. The number of hydrogen-bond acceptors (Lipinski definition) is 4. The highest BCUT2D eigenvalue weighted by atomic mass is 16.5. The number of imidazole rings is 1. The minimum atomic E-state index is -0.372. The Hall–Kier alpha value is -2.69. The molecule has 0 saturated heterocycles. The van der Waals surface area contributed by atoms with Crippen LogP contribution in [0.3, 0.4) is 0 Å². The number of hydrogen-bond donors (Lipinski definition) is 0. The standard InChI is InChI=1S/C14H11N3O2/c1-19-14(18)11-5-3-7-17-12(11)9-16-13(17)10-4-2-6-15-8-10/h2-9H,1H3. The van der Waals surface area contributed by atoms with Gasteiger partial charge in [-0.1, -0.05) is 0 Å². The number of methoxy groups -OCH3 is 1. The van der Waals surface area contributed by atoms with Gasteiger partial charge in [0.15, 0.2) is 0 Å². The Morgan fingerprint density at radius 1 is 1.26 bits per heavy atom. The summed E-state index contributed by atoms with van der Waals surface area (Å²) in [5.74, 6) is 0.372. The van der Waals surface area contributed by atoms with Gasteiger partial charge in [-0.15, -0.1) is 0 Å². The van der Waals surface area contributed by atoms with E-state index in [9.17, 15) is 4.79 Å². The van der Waals surface area contributed by atoms with Crippen LogP contribution in [0, 0.1) is 0 Å². The molecule has 0 amide bonds. The van der Waals surface area contributed by atoms with Gasteiger partial charge in [0, 0.05) is 24.2 Å². The first-order valence-electron chi connectivity index (χ1n) is 5.76. The molecule has 0 aliphatic carbocycles. The molecule has 0 radical (unpaired) electrons. The van der Waals surface area contributed by atoms with Crippen molar-refractivity contribution in [3.63, 3.8) is 0 Å². The maximum absolute atomic E-state index is 11.7. The third-order valence-corrected chi connectivity index (χ3v) is 2.90. The van der Waals surface area contributed by atoms with Crippen molar-refractivity contribution in [3.8, 4) is 11.4 Å². The molecule has 0 fully saturated rings. The van der Waals surface area contributed by atoms with Crippen LogP contribution >= 0.6 is 0 Å².